The molecule has 6 nitrogen and oxygen atoms in total. The van der Waals surface area contributed by atoms with Crippen molar-refractivity contribution in [1.82, 2.24) is 10.2 Å². The van der Waals surface area contributed by atoms with Gasteiger partial charge in [0.15, 0.2) is 5.82 Å². The molecule has 0 aliphatic carbocycles. The number of aromatic nitrogens is 2. The Bertz CT molecular complexity index is 672. The normalized spacial score (nSPS) is 11.4. The standard InChI is InChI=1S/C8H6BrN3O3S2/c9-5-1-4-8(16-5)17(14,15)12-6-2-3-7(13)11-10-6/h1-4H,(H,10,12)(H,11,13). The van der Waals surface area contributed by atoms with Crippen LogP contribution in [0.5, 0.6) is 0 Å². The summed E-state index contributed by atoms with van der Waals surface area (Å²) in [6, 6.07) is 5.59. The van der Waals surface area contributed by atoms with E-state index in [9.17, 15) is 13.2 Å². The molecule has 2 rings (SSSR count). The Morgan fingerprint density at radius 1 is 1.29 bits per heavy atom. The van der Waals surface area contributed by atoms with Crippen molar-refractivity contribution in [1.29, 1.82) is 0 Å². The van der Waals surface area contributed by atoms with Crippen molar-refractivity contribution in [2.45, 2.75) is 4.21 Å². The van der Waals surface area contributed by atoms with Crippen LogP contribution in [0.4, 0.5) is 5.82 Å². The molecule has 0 unspecified atom stereocenters. The number of hydrogen-bond donors (Lipinski definition) is 2. The van der Waals surface area contributed by atoms with Crippen molar-refractivity contribution in [2.24, 2.45) is 0 Å². The third kappa shape index (κ3) is 2.93. The van der Waals surface area contributed by atoms with Gasteiger partial charge in [-0.3, -0.25) is 9.52 Å². The van der Waals surface area contributed by atoms with Crippen LogP contribution in [0.25, 0.3) is 0 Å². The van der Waals surface area contributed by atoms with Crippen molar-refractivity contribution in [3.8, 4) is 0 Å². The van der Waals surface area contributed by atoms with Gasteiger partial charge in [-0.05, 0) is 34.1 Å². The highest BCUT2D eigenvalue weighted by atomic mass is 79.9. The maximum atomic E-state index is 11.8. The minimum atomic E-state index is -3.65. The van der Waals surface area contributed by atoms with E-state index >= 15 is 0 Å². The Morgan fingerprint density at radius 3 is 2.59 bits per heavy atom. The van der Waals surface area contributed by atoms with Crippen LogP contribution in [-0.4, -0.2) is 18.6 Å². The molecule has 90 valence electrons. The molecule has 0 bridgehead atoms. The highest BCUT2D eigenvalue weighted by molar-refractivity contribution is 9.11. The molecular weight excluding hydrogens is 330 g/mol. The van der Waals surface area contributed by atoms with Crippen molar-refractivity contribution in [2.75, 3.05) is 4.72 Å². The minimum absolute atomic E-state index is 0.0640. The van der Waals surface area contributed by atoms with E-state index < -0.39 is 15.6 Å². The maximum Gasteiger partial charge on any atom is 0.272 e. The number of nitrogens with zero attached hydrogens (tertiary/aromatic N) is 1. The molecule has 0 aliphatic rings. The number of anilines is 1. The van der Waals surface area contributed by atoms with E-state index in [1.165, 1.54) is 18.2 Å². The second-order valence-electron chi connectivity index (χ2n) is 2.97. The summed E-state index contributed by atoms with van der Waals surface area (Å²) in [6.07, 6.45) is 0. The predicted molar refractivity (Wildman–Crippen MR) is 67.7 cm³/mol. The Kier molecular flexibility index (Phi) is 3.31. The van der Waals surface area contributed by atoms with E-state index in [0.29, 0.717) is 3.79 Å². The van der Waals surface area contributed by atoms with Gasteiger partial charge in [-0.1, -0.05) is 0 Å². The number of sulfonamides is 1. The van der Waals surface area contributed by atoms with Gasteiger partial charge in [-0.2, -0.15) is 5.10 Å². The second-order valence-corrected chi connectivity index (χ2v) is 7.34. The number of rotatable bonds is 3. The van der Waals surface area contributed by atoms with E-state index in [0.717, 1.165) is 11.3 Å². The van der Waals surface area contributed by atoms with E-state index in [1.54, 1.807) is 6.07 Å². The summed E-state index contributed by atoms with van der Waals surface area (Å²) in [7, 11) is -3.65. The van der Waals surface area contributed by atoms with E-state index in [2.05, 4.69) is 30.8 Å². The summed E-state index contributed by atoms with van der Waals surface area (Å²) in [4.78, 5) is 10.8. The molecule has 0 fully saturated rings. The highest BCUT2D eigenvalue weighted by Crippen LogP contribution is 2.26. The number of nitrogens with one attached hydrogen (secondary N) is 2. The van der Waals surface area contributed by atoms with Crippen LogP contribution in [0.1, 0.15) is 0 Å². The first-order valence-electron chi connectivity index (χ1n) is 4.31. The SMILES string of the molecule is O=c1ccc(NS(=O)(=O)c2ccc(Br)s2)n[nH]1. The smallest absolute Gasteiger partial charge is 0.268 e. The molecular formula is C8H6BrN3O3S2. The van der Waals surface area contributed by atoms with Crippen LogP contribution in [0.2, 0.25) is 0 Å². The van der Waals surface area contributed by atoms with Crippen molar-refractivity contribution in [3.63, 3.8) is 0 Å². The average Bonchev–Trinajstić information content (AvgIpc) is 2.69. The van der Waals surface area contributed by atoms with Gasteiger partial charge in [0.2, 0.25) is 0 Å². The van der Waals surface area contributed by atoms with Gasteiger partial charge >= 0.3 is 0 Å². The molecule has 0 atom stereocenters. The Balaban J connectivity index is 2.29. The number of hydrogen-bond acceptors (Lipinski definition) is 5. The molecule has 2 aromatic heterocycles. The van der Waals surface area contributed by atoms with Gasteiger partial charge in [0, 0.05) is 6.07 Å². The van der Waals surface area contributed by atoms with Crippen LogP contribution < -0.4 is 10.3 Å². The average molecular weight is 336 g/mol. The van der Waals surface area contributed by atoms with Crippen LogP contribution >= 0.6 is 27.3 Å². The third-order valence-electron chi connectivity index (χ3n) is 1.73. The number of halogens is 1. The molecule has 9 heteroatoms. The molecule has 0 amide bonds. The molecule has 2 heterocycles. The number of H-pyrrole nitrogens is 1. The zero-order chi connectivity index (χ0) is 12.5. The topological polar surface area (TPSA) is 91.9 Å². The summed E-state index contributed by atoms with van der Waals surface area (Å²) < 4.78 is 26.8. The summed E-state index contributed by atoms with van der Waals surface area (Å²) in [5.74, 6) is 0.0640. The minimum Gasteiger partial charge on any atom is -0.268 e. The fourth-order valence-electron chi connectivity index (χ4n) is 1.03. The van der Waals surface area contributed by atoms with E-state index in [1.807, 2.05) is 0 Å². The monoisotopic (exact) mass is 335 g/mol. The lowest BCUT2D eigenvalue weighted by molar-refractivity contribution is 0.603. The quantitative estimate of drug-likeness (QED) is 0.886. The number of aromatic amines is 1. The van der Waals surface area contributed by atoms with Crippen LogP contribution in [0.15, 0.2) is 37.1 Å². The van der Waals surface area contributed by atoms with E-state index in [-0.39, 0.29) is 10.0 Å². The van der Waals surface area contributed by atoms with Gasteiger partial charge < -0.3 is 0 Å². The molecule has 0 saturated heterocycles. The van der Waals surface area contributed by atoms with Crippen LogP contribution in [0, 0.1) is 0 Å². The first-order valence-corrected chi connectivity index (χ1v) is 7.40. The third-order valence-corrected chi connectivity index (χ3v) is 5.20. The Hall–Kier alpha value is -1.19. The van der Waals surface area contributed by atoms with Gasteiger partial charge in [-0.25, -0.2) is 13.5 Å². The van der Waals surface area contributed by atoms with Crippen molar-refractivity contribution < 1.29 is 8.42 Å². The summed E-state index contributed by atoms with van der Waals surface area (Å²) in [5, 5.41) is 5.70. The zero-order valence-electron chi connectivity index (χ0n) is 8.18. The first kappa shape index (κ1) is 12.3. The van der Waals surface area contributed by atoms with Gasteiger partial charge in [0.05, 0.1) is 3.79 Å². The van der Waals surface area contributed by atoms with Crippen molar-refractivity contribution >= 4 is 43.1 Å². The lowest BCUT2D eigenvalue weighted by Gasteiger charge is -2.03. The lowest BCUT2D eigenvalue weighted by atomic mass is 10.5. The van der Waals surface area contributed by atoms with Gasteiger partial charge in [0.1, 0.15) is 4.21 Å². The first-order chi connectivity index (χ1) is 7.97. The molecule has 0 spiro atoms. The molecule has 0 aromatic carbocycles. The predicted octanol–water partition coefficient (Wildman–Crippen LogP) is 1.39. The molecule has 2 aromatic rings. The molecule has 2 N–H and O–H groups in total. The van der Waals surface area contributed by atoms with Gasteiger partial charge in [-0.15, -0.1) is 11.3 Å². The van der Waals surface area contributed by atoms with E-state index in [4.69, 9.17) is 0 Å². The lowest BCUT2D eigenvalue weighted by Crippen LogP contribution is -2.15. The zero-order valence-corrected chi connectivity index (χ0v) is 11.4. The molecule has 17 heavy (non-hydrogen) atoms. The van der Waals surface area contributed by atoms with Gasteiger partial charge in [0.25, 0.3) is 15.6 Å². The van der Waals surface area contributed by atoms with Crippen LogP contribution in [0.3, 0.4) is 0 Å². The highest BCUT2D eigenvalue weighted by Gasteiger charge is 2.17. The van der Waals surface area contributed by atoms with Crippen LogP contribution in [-0.2, 0) is 10.0 Å². The Morgan fingerprint density at radius 2 is 2.06 bits per heavy atom. The molecule has 0 aliphatic heterocycles. The molecule has 0 saturated carbocycles. The molecule has 0 radical (unpaired) electrons. The summed E-state index contributed by atoms with van der Waals surface area (Å²) in [6.45, 7) is 0. The largest absolute Gasteiger partial charge is 0.272 e. The van der Waals surface area contributed by atoms with Crippen molar-refractivity contribution in [3.05, 3.63) is 38.4 Å². The summed E-state index contributed by atoms with van der Waals surface area (Å²) in [5.41, 5.74) is -0.396. The Labute approximate surface area is 109 Å². The fraction of sp³-hybridized carbons (Fsp3) is 0. The summed E-state index contributed by atoms with van der Waals surface area (Å²) >= 11 is 4.27. The fourth-order valence-corrected chi connectivity index (χ4v) is 4.04. The number of thiophene rings is 1. The maximum absolute atomic E-state index is 11.8. The second kappa shape index (κ2) is 4.59.